The first-order valence-electron chi connectivity index (χ1n) is 14.6. The van der Waals surface area contributed by atoms with Crippen LogP contribution in [0.4, 0.5) is 18.0 Å². The van der Waals surface area contributed by atoms with Crippen LogP contribution in [0.2, 0.25) is 10.0 Å². The van der Waals surface area contributed by atoms with Gasteiger partial charge in [0, 0.05) is 24.2 Å². The summed E-state index contributed by atoms with van der Waals surface area (Å²) in [5.41, 5.74) is -4.54. The van der Waals surface area contributed by atoms with Crippen molar-refractivity contribution < 1.29 is 31.1 Å². The zero-order chi connectivity index (χ0) is 34.2. The largest absolute Gasteiger partial charge is 0.444 e. The summed E-state index contributed by atoms with van der Waals surface area (Å²) in [6.45, 7) is 6.27. The lowest BCUT2D eigenvalue weighted by Crippen LogP contribution is -2.47. The third-order valence-corrected chi connectivity index (χ3v) is 10.2. The number of hydrogen-bond donors (Lipinski definition) is 2. The van der Waals surface area contributed by atoms with E-state index in [9.17, 15) is 36.0 Å². The number of nitrogens with zero attached hydrogens (tertiary/aromatic N) is 2. The molecule has 0 saturated carbocycles. The smallest absolute Gasteiger partial charge is 0.416 e. The van der Waals surface area contributed by atoms with E-state index in [1.807, 2.05) is 0 Å². The number of piperidine rings is 1. The molecule has 2 N–H and O–H groups in total. The molecule has 0 aliphatic carbocycles. The number of alkyl halides is 3. The van der Waals surface area contributed by atoms with E-state index in [-0.39, 0.29) is 51.4 Å². The molecule has 0 unspecified atom stereocenters. The molecular weight excluding hydrogens is 672 g/mol. The van der Waals surface area contributed by atoms with Crippen molar-refractivity contribution in [2.75, 3.05) is 18.8 Å². The van der Waals surface area contributed by atoms with E-state index >= 15 is 0 Å². The highest BCUT2D eigenvalue weighted by atomic mass is 35.5. The fourth-order valence-corrected chi connectivity index (χ4v) is 7.08. The third kappa shape index (κ3) is 8.07. The van der Waals surface area contributed by atoms with Crippen molar-refractivity contribution >= 4 is 50.0 Å². The molecule has 2 aromatic carbocycles. The van der Waals surface area contributed by atoms with Gasteiger partial charge in [0.05, 0.1) is 38.7 Å². The average Bonchev–Trinajstić information content (AvgIpc) is 2.95. The lowest BCUT2D eigenvalue weighted by atomic mass is 9.98. The van der Waals surface area contributed by atoms with Gasteiger partial charge in [0.1, 0.15) is 5.60 Å². The van der Waals surface area contributed by atoms with E-state index < -0.39 is 61.5 Å². The molecule has 1 aromatic heterocycles. The van der Waals surface area contributed by atoms with Crippen LogP contribution in [-0.4, -0.2) is 59.4 Å². The van der Waals surface area contributed by atoms with Gasteiger partial charge < -0.3 is 15.0 Å². The molecule has 0 radical (unpaired) electrons. The summed E-state index contributed by atoms with van der Waals surface area (Å²) < 4.78 is 74.8. The Morgan fingerprint density at radius 1 is 1.11 bits per heavy atom. The van der Waals surface area contributed by atoms with Gasteiger partial charge in [-0.05, 0) is 75.5 Å². The lowest BCUT2D eigenvalue weighted by Gasteiger charge is -2.36. The van der Waals surface area contributed by atoms with Gasteiger partial charge in [-0.25, -0.2) is 18.0 Å². The first-order chi connectivity index (χ1) is 21.3. The minimum atomic E-state index is -4.92. The number of carbonyl (C=O) groups is 1. The number of halogens is 5. The Labute approximate surface area is 273 Å². The van der Waals surface area contributed by atoms with Crippen molar-refractivity contribution in [3.05, 3.63) is 71.8 Å². The van der Waals surface area contributed by atoms with Crippen molar-refractivity contribution in [2.45, 2.75) is 82.8 Å². The van der Waals surface area contributed by atoms with Crippen LogP contribution < -0.4 is 16.6 Å². The number of hydrogen-bond acceptors (Lipinski definition) is 7. The maximum Gasteiger partial charge on any atom is 0.416 e. The standard InChI is InChI=1S/C30H35Cl2F3N4O6S/c1-5-46(43,44)23-10-9-18(31)12-17(23)15-39-26(40)20-13-22(30(33,34)35)21(24(32)25(20)37-27(39)41)16-38-11-7-6-8-19(38)14-36-28(42)45-29(2,3)4/h9-10,12-13,19H,5-8,11,14-16H2,1-4H3,(H,36,42)(H,37,41)/t19-/m1/s1. The first-order valence-corrected chi connectivity index (χ1v) is 17.0. The van der Waals surface area contributed by atoms with Crippen molar-refractivity contribution in [1.29, 1.82) is 0 Å². The number of carbonyl (C=O) groups excluding carboxylic acids is 1. The third-order valence-electron chi connectivity index (χ3n) is 7.68. The molecule has 4 rings (SSSR count). The van der Waals surface area contributed by atoms with E-state index in [1.54, 1.807) is 25.7 Å². The van der Waals surface area contributed by atoms with Gasteiger partial charge in [-0.3, -0.25) is 14.3 Å². The highest BCUT2D eigenvalue weighted by Gasteiger charge is 2.37. The molecule has 1 aliphatic heterocycles. The Bertz CT molecular complexity index is 1870. The number of benzene rings is 2. The number of sulfone groups is 1. The van der Waals surface area contributed by atoms with Crippen LogP contribution in [0.15, 0.2) is 38.8 Å². The topological polar surface area (TPSA) is 131 Å². The summed E-state index contributed by atoms with van der Waals surface area (Å²) in [6.07, 6.45) is -3.46. The van der Waals surface area contributed by atoms with Gasteiger partial charge in [0.15, 0.2) is 9.84 Å². The molecule has 1 amide bonds. The van der Waals surface area contributed by atoms with Gasteiger partial charge in [-0.15, -0.1) is 0 Å². The summed E-state index contributed by atoms with van der Waals surface area (Å²) in [4.78, 5) is 43.1. The minimum Gasteiger partial charge on any atom is -0.444 e. The fourth-order valence-electron chi connectivity index (χ4n) is 5.46. The molecule has 2 heterocycles. The van der Waals surface area contributed by atoms with Gasteiger partial charge in [-0.2, -0.15) is 13.2 Å². The van der Waals surface area contributed by atoms with E-state index in [1.165, 1.54) is 25.1 Å². The number of alkyl carbamates (subject to hydrolysis) is 1. The van der Waals surface area contributed by atoms with Crippen LogP contribution >= 0.6 is 23.2 Å². The summed E-state index contributed by atoms with van der Waals surface area (Å²) >= 11 is 12.6. The van der Waals surface area contributed by atoms with Crippen LogP contribution in [-0.2, 0) is 33.8 Å². The van der Waals surface area contributed by atoms with Gasteiger partial charge in [0.25, 0.3) is 5.56 Å². The molecule has 1 aliphatic rings. The maximum absolute atomic E-state index is 14.5. The van der Waals surface area contributed by atoms with Gasteiger partial charge in [-0.1, -0.05) is 36.5 Å². The number of ether oxygens (including phenoxy) is 1. The SMILES string of the molecule is CCS(=O)(=O)c1ccc(Cl)cc1Cn1c(=O)[nH]c2c(Cl)c(CN3CCCC[C@@H]3CNC(=O)OC(C)(C)C)c(C(F)(F)F)cc2c1=O. The Morgan fingerprint density at radius 3 is 2.43 bits per heavy atom. The highest BCUT2D eigenvalue weighted by Crippen LogP contribution is 2.39. The van der Waals surface area contributed by atoms with Gasteiger partial charge in [0.2, 0.25) is 0 Å². The van der Waals surface area contributed by atoms with Crippen LogP contribution in [0.3, 0.4) is 0 Å². The fraction of sp³-hybridized carbons (Fsp3) is 0.500. The summed E-state index contributed by atoms with van der Waals surface area (Å²) in [5.74, 6) is -0.271. The summed E-state index contributed by atoms with van der Waals surface area (Å²) in [5, 5.41) is 1.88. The zero-order valence-corrected chi connectivity index (χ0v) is 28.0. The number of likely N-dealkylation sites (tertiary alicyclic amines) is 1. The van der Waals surface area contributed by atoms with Crippen molar-refractivity contribution in [3.63, 3.8) is 0 Å². The molecular formula is C30H35Cl2F3N4O6S. The van der Waals surface area contributed by atoms with E-state index in [0.717, 1.165) is 6.42 Å². The molecule has 1 fully saturated rings. The maximum atomic E-state index is 14.5. The second-order valence-electron chi connectivity index (χ2n) is 12.1. The second kappa shape index (κ2) is 13.6. The Balaban J connectivity index is 1.77. The van der Waals surface area contributed by atoms with E-state index in [0.29, 0.717) is 30.0 Å². The Hall–Kier alpha value is -3.07. The van der Waals surface area contributed by atoms with Gasteiger partial charge >= 0.3 is 18.0 Å². The monoisotopic (exact) mass is 706 g/mol. The van der Waals surface area contributed by atoms with Crippen LogP contribution in [0.1, 0.15) is 63.6 Å². The minimum absolute atomic E-state index is 0.0243. The molecule has 46 heavy (non-hydrogen) atoms. The molecule has 252 valence electrons. The Kier molecular flexibility index (Phi) is 10.6. The zero-order valence-electron chi connectivity index (χ0n) is 25.7. The second-order valence-corrected chi connectivity index (χ2v) is 15.2. The molecule has 0 spiro atoms. The van der Waals surface area contributed by atoms with E-state index in [4.69, 9.17) is 27.9 Å². The predicted octanol–water partition coefficient (Wildman–Crippen LogP) is 5.74. The molecule has 16 heteroatoms. The number of nitrogens with one attached hydrogen (secondary N) is 2. The quantitative estimate of drug-likeness (QED) is 0.306. The molecule has 1 saturated heterocycles. The highest BCUT2D eigenvalue weighted by molar-refractivity contribution is 7.91. The molecule has 10 nitrogen and oxygen atoms in total. The number of aromatic nitrogens is 2. The number of rotatable bonds is 8. The summed E-state index contributed by atoms with van der Waals surface area (Å²) in [6, 6.07) is 4.21. The lowest BCUT2D eigenvalue weighted by molar-refractivity contribution is -0.138. The average molecular weight is 708 g/mol. The molecule has 0 bridgehead atoms. The van der Waals surface area contributed by atoms with Crippen LogP contribution in [0, 0.1) is 0 Å². The number of fused-ring (bicyclic) bond motifs is 1. The van der Waals surface area contributed by atoms with Crippen molar-refractivity contribution in [2.24, 2.45) is 0 Å². The number of aromatic amines is 1. The number of H-pyrrole nitrogens is 1. The Morgan fingerprint density at radius 2 is 1.80 bits per heavy atom. The summed E-state index contributed by atoms with van der Waals surface area (Å²) in [7, 11) is -3.80. The van der Waals surface area contributed by atoms with Crippen molar-refractivity contribution in [1.82, 2.24) is 19.8 Å². The normalized spacial score (nSPS) is 16.5. The van der Waals surface area contributed by atoms with E-state index in [2.05, 4.69) is 10.3 Å². The van der Waals surface area contributed by atoms with Crippen molar-refractivity contribution in [3.8, 4) is 0 Å². The number of amides is 1. The first kappa shape index (κ1) is 35.8. The molecule has 3 aromatic rings. The van der Waals surface area contributed by atoms with Crippen LogP contribution in [0.25, 0.3) is 10.9 Å². The predicted molar refractivity (Wildman–Crippen MR) is 169 cm³/mol. The van der Waals surface area contributed by atoms with Crippen LogP contribution in [0.5, 0.6) is 0 Å². The molecule has 1 atom stereocenters.